The molecule has 3 nitrogen and oxygen atoms in total. The smallest absolute Gasteiger partial charge is 0.126 e. The molecule has 1 aromatic heterocycles. The van der Waals surface area contributed by atoms with Crippen LogP contribution in [0, 0.1) is 0 Å². The van der Waals surface area contributed by atoms with Gasteiger partial charge in [-0.2, -0.15) is 0 Å². The van der Waals surface area contributed by atoms with E-state index in [-0.39, 0.29) is 5.60 Å². The molecule has 0 bridgehead atoms. The summed E-state index contributed by atoms with van der Waals surface area (Å²) >= 11 is 0. The summed E-state index contributed by atoms with van der Waals surface area (Å²) in [5.41, 5.74) is 0.852. The first-order valence-corrected chi connectivity index (χ1v) is 5.85. The van der Waals surface area contributed by atoms with Crippen LogP contribution in [-0.4, -0.2) is 17.1 Å². The van der Waals surface area contributed by atoms with Gasteiger partial charge >= 0.3 is 0 Å². The predicted molar refractivity (Wildman–Crippen MR) is 67.6 cm³/mol. The van der Waals surface area contributed by atoms with E-state index in [2.05, 4.69) is 17.2 Å². The lowest BCUT2D eigenvalue weighted by Gasteiger charge is -2.19. The van der Waals surface area contributed by atoms with Gasteiger partial charge in [0.25, 0.3) is 0 Å². The number of hydrogen-bond donors (Lipinski definition) is 1. The first kappa shape index (κ1) is 13.0. The Morgan fingerprint density at radius 2 is 2.06 bits per heavy atom. The number of hydrogen-bond acceptors (Lipinski definition) is 3. The van der Waals surface area contributed by atoms with E-state index in [0.29, 0.717) is 6.61 Å². The summed E-state index contributed by atoms with van der Waals surface area (Å²) in [6, 6.07) is 5.98. The maximum absolute atomic E-state index is 5.68. The molecule has 90 valence electrons. The van der Waals surface area contributed by atoms with Gasteiger partial charge in [-0.15, -0.1) is 0 Å². The van der Waals surface area contributed by atoms with E-state index < -0.39 is 0 Å². The lowest BCUT2D eigenvalue weighted by molar-refractivity contribution is -0.0164. The second-order valence-electron chi connectivity index (χ2n) is 4.84. The number of nitrogens with zero attached hydrogens (tertiary/aromatic N) is 1. The Kier molecular flexibility index (Phi) is 4.74. The Morgan fingerprint density at radius 1 is 1.31 bits per heavy atom. The SMILES string of the molecule is CCCNc1cccc(COC(C)(C)C)n1. The first-order chi connectivity index (χ1) is 7.51. The molecule has 16 heavy (non-hydrogen) atoms. The van der Waals surface area contributed by atoms with Gasteiger partial charge in [0.2, 0.25) is 0 Å². The number of rotatable bonds is 5. The van der Waals surface area contributed by atoms with Crippen molar-refractivity contribution in [3.63, 3.8) is 0 Å². The molecular weight excluding hydrogens is 200 g/mol. The molecule has 0 unspecified atom stereocenters. The molecule has 0 saturated heterocycles. The number of nitrogens with one attached hydrogen (secondary N) is 1. The van der Waals surface area contributed by atoms with E-state index in [1.807, 2.05) is 39.0 Å². The van der Waals surface area contributed by atoms with Crippen molar-refractivity contribution in [3.8, 4) is 0 Å². The van der Waals surface area contributed by atoms with Crippen molar-refractivity contribution in [2.24, 2.45) is 0 Å². The van der Waals surface area contributed by atoms with Gasteiger partial charge in [0.1, 0.15) is 5.82 Å². The Bertz CT molecular complexity index is 318. The van der Waals surface area contributed by atoms with Gasteiger partial charge in [-0.25, -0.2) is 4.98 Å². The van der Waals surface area contributed by atoms with E-state index in [1.54, 1.807) is 0 Å². The third-order valence-electron chi connectivity index (χ3n) is 2.02. The number of pyridine rings is 1. The molecule has 0 aliphatic carbocycles. The van der Waals surface area contributed by atoms with Gasteiger partial charge in [0.15, 0.2) is 0 Å². The quantitative estimate of drug-likeness (QED) is 0.830. The van der Waals surface area contributed by atoms with Crippen LogP contribution in [0.1, 0.15) is 39.8 Å². The van der Waals surface area contributed by atoms with Crippen LogP contribution in [0.15, 0.2) is 18.2 Å². The first-order valence-electron chi connectivity index (χ1n) is 5.85. The fourth-order valence-corrected chi connectivity index (χ4v) is 1.20. The second-order valence-corrected chi connectivity index (χ2v) is 4.84. The van der Waals surface area contributed by atoms with E-state index in [4.69, 9.17) is 4.74 Å². The second kappa shape index (κ2) is 5.85. The molecule has 0 aliphatic rings. The minimum atomic E-state index is -0.117. The van der Waals surface area contributed by atoms with Crippen LogP contribution in [0.5, 0.6) is 0 Å². The van der Waals surface area contributed by atoms with Gasteiger partial charge < -0.3 is 10.1 Å². The molecule has 0 aliphatic heterocycles. The molecule has 3 heteroatoms. The highest BCUT2D eigenvalue weighted by molar-refractivity contribution is 5.34. The van der Waals surface area contributed by atoms with Crippen LogP contribution in [0.2, 0.25) is 0 Å². The molecule has 1 aromatic rings. The Morgan fingerprint density at radius 3 is 2.69 bits per heavy atom. The number of ether oxygens (including phenoxy) is 1. The zero-order valence-electron chi connectivity index (χ0n) is 10.7. The molecule has 0 amide bonds. The van der Waals surface area contributed by atoms with Gasteiger partial charge in [0.05, 0.1) is 17.9 Å². The van der Waals surface area contributed by atoms with Gasteiger partial charge in [0, 0.05) is 6.54 Å². The predicted octanol–water partition coefficient (Wildman–Crippen LogP) is 3.22. The van der Waals surface area contributed by atoms with E-state index in [9.17, 15) is 0 Å². The average Bonchev–Trinajstić information content (AvgIpc) is 2.23. The maximum Gasteiger partial charge on any atom is 0.126 e. The highest BCUT2D eigenvalue weighted by Crippen LogP contribution is 2.12. The summed E-state index contributed by atoms with van der Waals surface area (Å²) in [7, 11) is 0. The number of aromatic nitrogens is 1. The summed E-state index contributed by atoms with van der Waals surface area (Å²) in [4.78, 5) is 4.48. The lowest BCUT2D eigenvalue weighted by Crippen LogP contribution is -2.19. The van der Waals surface area contributed by atoms with Crippen LogP contribution in [0.4, 0.5) is 5.82 Å². The molecule has 1 rings (SSSR count). The van der Waals surface area contributed by atoms with Gasteiger partial charge in [-0.05, 0) is 39.3 Å². The summed E-state index contributed by atoms with van der Waals surface area (Å²) in [6.07, 6.45) is 1.10. The van der Waals surface area contributed by atoms with Crippen molar-refractivity contribution in [1.82, 2.24) is 4.98 Å². The molecule has 0 fully saturated rings. The maximum atomic E-state index is 5.68. The van der Waals surface area contributed by atoms with Crippen molar-refractivity contribution < 1.29 is 4.74 Å². The molecule has 0 aromatic carbocycles. The molecule has 0 saturated carbocycles. The largest absolute Gasteiger partial charge is 0.370 e. The van der Waals surface area contributed by atoms with Gasteiger partial charge in [-0.3, -0.25) is 0 Å². The molecule has 0 atom stereocenters. The molecule has 0 spiro atoms. The van der Waals surface area contributed by atoms with Crippen LogP contribution in [0.3, 0.4) is 0 Å². The standard InChI is InChI=1S/C13H22N2O/c1-5-9-14-12-8-6-7-11(15-12)10-16-13(2,3)4/h6-8H,5,9-10H2,1-4H3,(H,14,15). The summed E-state index contributed by atoms with van der Waals surface area (Å²) in [6.45, 7) is 9.80. The Labute approximate surface area is 98.2 Å². The van der Waals surface area contributed by atoms with Crippen molar-refractivity contribution in [2.45, 2.75) is 46.3 Å². The fourth-order valence-electron chi connectivity index (χ4n) is 1.20. The monoisotopic (exact) mass is 222 g/mol. The van der Waals surface area contributed by atoms with Crippen LogP contribution in [0.25, 0.3) is 0 Å². The molecule has 1 N–H and O–H groups in total. The van der Waals surface area contributed by atoms with Crippen molar-refractivity contribution in [1.29, 1.82) is 0 Å². The highest BCUT2D eigenvalue weighted by atomic mass is 16.5. The summed E-state index contributed by atoms with van der Waals surface area (Å²) in [5, 5.41) is 3.27. The van der Waals surface area contributed by atoms with E-state index >= 15 is 0 Å². The van der Waals surface area contributed by atoms with Crippen molar-refractivity contribution >= 4 is 5.82 Å². The normalized spacial score (nSPS) is 11.5. The number of anilines is 1. The highest BCUT2D eigenvalue weighted by Gasteiger charge is 2.10. The fraction of sp³-hybridized carbons (Fsp3) is 0.615. The summed E-state index contributed by atoms with van der Waals surface area (Å²) < 4.78 is 5.68. The lowest BCUT2D eigenvalue weighted by atomic mass is 10.2. The topological polar surface area (TPSA) is 34.1 Å². The van der Waals surface area contributed by atoms with Gasteiger partial charge in [-0.1, -0.05) is 13.0 Å². The van der Waals surface area contributed by atoms with E-state index in [0.717, 1.165) is 24.5 Å². The van der Waals surface area contributed by atoms with Crippen LogP contribution >= 0.6 is 0 Å². The van der Waals surface area contributed by atoms with Crippen LogP contribution < -0.4 is 5.32 Å². The third-order valence-corrected chi connectivity index (χ3v) is 2.02. The van der Waals surface area contributed by atoms with E-state index in [1.165, 1.54) is 0 Å². The molecule has 1 heterocycles. The molecular formula is C13H22N2O. The minimum Gasteiger partial charge on any atom is -0.370 e. The van der Waals surface area contributed by atoms with Crippen LogP contribution in [-0.2, 0) is 11.3 Å². The summed E-state index contributed by atoms with van der Waals surface area (Å²) in [5.74, 6) is 0.928. The zero-order valence-corrected chi connectivity index (χ0v) is 10.7. The average molecular weight is 222 g/mol. The Balaban J connectivity index is 2.53. The minimum absolute atomic E-state index is 0.117. The molecule has 0 radical (unpaired) electrons. The third kappa shape index (κ3) is 5.12. The van der Waals surface area contributed by atoms with Crippen molar-refractivity contribution in [3.05, 3.63) is 23.9 Å². The Hall–Kier alpha value is -1.09. The van der Waals surface area contributed by atoms with Crippen molar-refractivity contribution in [2.75, 3.05) is 11.9 Å². The zero-order chi connectivity index (χ0) is 12.0.